The normalized spacial score (nSPS) is 19.8. The van der Waals surface area contributed by atoms with Gasteiger partial charge in [0.1, 0.15) is 5.82 Å². The molecule has 0 spiro atoms. The van der Waals surface area contributed by atoms with Crippen LogP contribution in [0.1, 0.15) is 37.7 Å². The number of halogens is 2. The molecule has 3 rings (SSSR count). The second kappa shape index (κ2) is 8.79. The lowest BCUT2D eigenvalue weighted by Gasteiger charge is -2.32. The highest BCUT2D eigenvalue weighted by atomic mass is 35.5. The molecule has 0 aromatic heterocycles. The number of rotatable bonds is 5. The molecule has 24 heavy (non-hydrogen) atoms. The van der Waals surface area contributed by atoms with E-state index in [4.69, 9.17) is 0 Å². The number of piperazine rings is 1. The van der Waals surface area contributed by atoms with Crippen LogP contribution in [0.2, 0.25) is 0 Å². The summed E-state index contributed by atoms with van der Waals surface area (Å²) in [4.78, 5) is 14.2. The maximum atomic E-state index is 13.2. The Balaban J connectivity index is 0.00000208. The highest BCUT2D eigenvalue weighted by molar-refractivity contribution is 5.85. The Labute approximate surface area is 149 Å². The Kier molecular flexibility index (Phi) is 7.02. The van der Waals surface area contributed by atoms with Gasteiger partial charge in [-0.25, -0.2) is 4.39 Å². The van der Waals surface area contributed by atoms with E-state index >= 15 is 0 Å². The quantitative estimate of drug-likeness (QED) is 0.852. The first kappa shape index (κ1) is 19.2. The van der Waals surface area contributed by atoms with Gasteiger partial charge in [-0.05, 0) is 30.5 Å². The van der Waals surface area contributed by atoms with Crippen LogP contribution < -0.4 is 10.6 Å². The predicted molar refractivity (Wildman–Crippen MR) is 95.9 cm³/mol. The van der Waals surface area contributed by atoms with Crippen molar-refractivity contribution in [2.75, 3.05) is 32.7 Å². The van der Waals surface area contributed by atoms with Crippen molar-refractivity contribution in [3.63, 3.8) is 0 Å². The number of benzene rings is 1. The van der Waals surface area contributed by atoms with Crippen LogP contribution in [0.15, 0.2) is 24.3 Å². The molecule has 6 heteroatoms. The predicted octanol–water partition coefficient (Wildman–Crippen LogP) is 2.43. The Morgan fingerprint density at radius 1 is 1.17 bits per heavy atom. The minimum Gasteiger partial charge on any atom is -0.340 e. The van der Waals surface area contributed by atoms with E-state index in [1.807, 2.05) is 17.0 Å². The molecular formula is C18H27ClFN3O. The first-order valence-electron chi connectivity index (χ1n) is 8.69. The highest BCUT2D eigenvalue weighted by Gasteiger charge is 2.35. The first-order valence-corrected chi connectivity index (χ1v) is 8.69. The lowest BCUT2D eigenvalue weighted by Crippen LogP contribution is -2.48. The average Bonchev–Trinajstić information content (AvgIpc) is 3.06. The summed E-state index contributed by atoms with van der Waals surface area (Å²) in [5.41, 5.74) is 1.06. The van der Waals surface area contributed by atoms with Crippen molar-refractivity contribution in [2.24, 2.45) is 0 Å². The number of nitrogens with one attached hydrogen (secondary N) is 2. The molecule has 0 unspecified atom stereocenters. The number of nitrogens with zero attached hydrogens (tertiary/aromatic N) is 1. The smallest absolute Gasteiger partial charge is 0.223 e. The monoisotopic (exact) mass is 355 g/mol. The molecule has 1 saturated heterocycles. The third-order valence-corrected chi connectivity index (χ3v) is 5.13. The van der Waals surface area contributed by atoms with Crippen LogP contribution in [0.3, 0.4) is 0 Å². The van der Waals surface area contributed by atoms with Gasteiger partial charge in [0.25, 0.3) is 0 Å². The van der Waals surface area contributed by atoms with Gasteiger partial charge in [0.2, 0.25) is 5.91 Å². The number of hydrogen-bond acceptors (Lipinski definition) is 3. The van der Waals surface area contributed by atoms with Gasteiger partial charge in [-0.1, -0.05) is 25.0 Å². The van der Waals surface area contributed by atoms with Crippen LogP contribution >= 0.6 is 12.4 Å². The lowest BCUT2D eigenvalue weighted by molar-refractivity contribution is -0.131. The van der Waals surface area contributed by atoms with Crippen LogP contribution in [0.25, 0.3) is 0 Å². The van der Waals surface area contributed by atoms with Gasteiger partial charge in [-0.2, -0.15) is 0 Å². The summed E-state index contributed by atoms with van der Waals surface area (Å²) >= 11 is 0. The van der Waals surface area contributed by atoms with Gasteiger partial charge >= 0.3 is 0 Å². The minimum atomic E-state index is -0.198. The molecule has 0 atom stereocenters. The van der Waals surface area contributed by atoms with E-state index in [2.05, 4.69) is 10.6 Å². The van der Waals surface area contributed by atoms with Crippen molar-refractivity contribution in [1.29, 1.82) is 0 Å². The van der Waals surface area contributed by atoms with Crippen molar-refractivity contribution < 1.29 is 9.18 Å². The van der Waals surface area contributed by atoms with Gasteiger partial charge in [-0.15, -0.1) is 12.4 Å². The Morgan fingerprint density at radius 3 is 2.42 bits per heavy atom. The Bertz CT molecular complexity index is 526. The van der Waals surface area contributed by atoms with Crippen LogP contribution in [0.5, 0.6) is 0 Å². The van der Waals surface area contributed by atoms with E-state index in [0.717, 1.165) is 44.6 Å². The van der Waals surface area contributed by atoms with E-state index < -0.39 is 0 Å². The molecule has 1 aromatic rings. The molecule has 1 amide bonds. The Morgan fingerprint density at radius 2 is 1.79 bits per heavy atom. The van der Waals surface area contributed by atoms with Crippen molar-refractivity contribution in [1.82, 2.24) is 15.5 Å². The number of amides is 1. The minimum absolute atomic E-state index is 0. The maximum Gasteiger partial charge on any atom is 0.223 e. The topological polar surface area (TPSA) is 44.4 Å². The fourth-order valence-corrected chi connectivity index (χ4v) is 3.80. The molecule has 2 fully saturated rings. The molecule has 2 aliphatic rings. The fourth-order valence-electron chi connectivity index (χ4n) is 3.80. The standard InChI is InChI=1S/C18H26FN3O.ClH/c19-16-5-3-15(4-6-16)18(8-1-2-9-18)21-10-7-17(23)22-13-11-20-12-14-22;/h3-6,20-21H,1-2,7-14H2;1H. The molecule has 1 saturated carbocycles. The SMILES string of the molecule is Cl.O=C(CCNC1(c2ccc(F)cc2)CCCC1)N1CCNCC1. The second-order valence-corrected chi connectivity index (χ2v) is 6.60. The summed E-state index contributed by atoms with van der Waals surface area (Å²) in [7, 11) is 0. The zero-order valence-electron chi connectivity index (χ0n) is 14.0. The van der Waals surface area contributed by atoms with Crippen LogP contribution in [0, 0.1) is 5.82 Å². The largest absolute Gasteiger partial charge is 0.340 e. The zero-order valence-corrected chi connectivity index (χ0v) is 14.8. The van der Waals surface area contributed by atoms with E-state index in [9.17, 15) is 9.18 Å². The average molecular weight is 356 g/mol. The maximum absolute atomic E-state index is 13.2. The van der Waals surface area contributed by atoms with Gasteiger partial charge in [0.15, 0.2) is 0 Å². The zero-order chi connectivity index (χ0) is 16.1. The number of carbonyl (C=O) groups is 1. The van der Waals surface area contributed by atoms with Crippen LogP contribution in [-0.2, 0) is 10.3 Å². The Hall–Kier alpha value is -1.17. The van der Waals surface area contributed by atoms with Gasteiger partial charge in [0.05, 0.1) is 0 Å². The molecule has 2 N–H and O–H groups in total. The first-order chi connectivity index (χ1) is 11.2. The fraction of sp³-hybridized carbons (Fsp3) is 0.611. The van der Waals surface area contributed by atoms with Crippen molar-refractivity contribution >= 4 is 18.3 Å². The molecule has 1 aromatic carbocycles. The molecule has 0 radical (unpaired) electrons. The number of carbonyl (C=O) groups excluding carboxylic acids is 1. The van der Waals surface area contributed by atoms with E-state index in [-0.39, 0.29) is 29.7 Å². The van der Waals surface area contributed by atoms with Crippen LogP contribution in [-0.4, -0.2) is 43.5 Å². The molecular weight excluding hydrogens is 329 g/mol. The van der Waals surface area contributed by atoms with Crippen molar-refractivity contribution in [3.8, 4) is 0 Å². The molecule has 4 nitrogen and oxygen atoms in total. The van der Waals surface area contributed by atoms with Gasteiger partial charge in [0, 0.05) is 44.7 Å². The molecule has 0 bridgehead atoms. The van der Waals surface area contributed by atoms with Crippen molar-refractivity contribution in [2.45, 2.75) is 37.6 Å². The molecule has 1 aliphatic carbocycles. The van der Waals surface area contributed by atoms with Crippen LogP contribution in [0.4, 0.5) is 4.39 Å². The number of hydrogen-bond donors (Lipinski definition) is 2. The highest BCUT2D eigenvalue weighted by Crippen LogP contribution is 2.38. The van der Waals surface area contributed by atoms with E-state index in [1.54, 1.807) is 0 Å². The summed E-state index contributed by atoms with van der Waals surface area (Å²) in [6, 6.07) is 6.82. The van der Waals surface area contributed by atoms with E-state index in [1.165, 1.54) is 25.0 Å². The van der Waals surface area contributed by atoms with E-state index in [0.29, 0.717) is 13.0 Å². The van der Waals surface area contributed by atoms with Crippen molar-refractivity contribution in [3.05, 3.63) is 35.6 Å². The molecule has 1 heterocycles. The summed E-state index contributed by atoms with van der Waals surface area (Å²) in [6.07, 6.45) is 5.00. The summed E-state index contributed by atoms with van der Waals surface area (Å²) in [6.45, 7) is 4.07. The molecule has 134 valence electrons. The summed E-state index contributed by atoms with van der Waals surface area (Å²) < 4.78 is 13.2. The summed E-state index contributed by atoms with van der Waals surface area (Å²) in [5, 5.41) is 6.88. The summed E-state index contributed by atoms with van der Waals surface area (Å²) in [5.74, 6) is 0.0297. The lowest BCUT2D eigenvalue weighted by atomic mass is 9.88. The van der Waals surface area contributed by atoms with Gasteiger partial charge < -0.3 is 15.5 Å². The molecule has 1 aliphatic heterocycles. The third kappa shape index (κ3) is 4.47. The third-order valence-electron chi connectivity index (χ3n) is 5.13. The van der Waals surface area contributed by atoms with Gasteiger partial charge in [-0.3, -0.25) is 4.79 Å². The second-order valence-electron chi connectivity index (χ2n) is 6.60.